The maximum Gasteiger partial charge on any atom is -0.0166 e. The molecule has 0 aliphatic heterocycles. The molecule has 0 saturated carbocycles. The van der Waals surface area contributed by atoms with E-state index >= 15 is 0 Å². The third kappa shape index (κ3) is 15.6. The van der Waals surface area contributed by atoms with Gasteiger partial charge in [0.15, 0.2) is 0 Å². The van der Waals surface area contributed by atoms with Crippen LogP contribution in [-0.4, -0.2) is 0 Å². The number of hydrogen-bond donors (Lipinski definition) is 0. The van der Waals surface area contributed by atoms with Gasteiger partial charge in [-0.25, -0.2) is 0 Å². The van der Waals surface area contributed by atoms with Crippen LogP contribution in [0.2, 0.25) is 0 Å². The largest absolute Gasteiger partial charge is 0.0882 e. The number of hydrogen-bond acceptors (Lipinski definition) is 0. The summed E-state index contributed by atoms with van der Waals surface area (Å²) in [5.41, 5.74) is 1.51. The lowest BCUT2D eigenvalue weighted by Crippen LogP contribution is -1.81. The van der Waals surface area contributed by atoms with E-state index in [0.717, 1.165) is 12.8 Å². The van der Waals surface area contributed by atoms with Crippen LogP contribution in [0.5, 0.6) is 0 Å². The first-order valence-electron chi connectivity index (χ1n) is 9.85. The van der Waals surface area contributed by atoms with Crippen molar-refractivity contribution in [2.45, 2.75) is 104 Å². The Morgan fingerprint density at radius 1 is 0.636 bits per heavy atom. The average Bonchev–Trinajstić information content (AvgIpc) is 2.54. The molecule has 128 valence electrons. The Morgan fingerprint density at radius 3 is 1.95 bits per heavy atom. The summed E-state index contributed by atoms with van der Waals surface area (Å²) in [6, 6.07) is 0. The second-order valence-electron chi connectivity index (χ2n) is 6.29. The highest BCUT2D eigenvalue weighted by Gasteiger charge is 1.92. The van der Waals surface area contributed by atoms with Crippen molar-refractivity contribution >= 4 is 0 Å². The Bertz CT molecular complexity index is 293. The summed E-state index contributed by atoms with van der Waals surface area (Å²) in [7, 11) is 0. The van der Waals surface area contributed by atoms with Crippen molar-refractivity contribution in [2.75, 3.05) is 0 Å². The van der Waals surface area contributed by atoms with Gasteiger partial charge < -0.3 is 0 Å². The van der Waals surface area contributed by atoms with E-state index in [1.807, 2.05) is 0 Å². The first-order chi connectivity index (χ1) is 10.8. The molecule has 22 heavy (non-hydrogen) atoms. The molecule has 0 unspecified atom stereocenters. The minimum atomic E-state index is 1.08. The van der Waals surface area contributed by atoms with Gasteiger partial charge in [0.1, 0.15) is 0 Å². The molecule has 0 nitrogen and oxygen atoms in total. The molecule has 0 aliphatic carbocycles. The van der Waals surface area contributed by atoms with Crippen molar-refractivity contribution in [1.29, 1.82) is 0 Å². The summed E-state index contributed by atoms with van der Waals surface area (Å²) in [5.74, 6) is 0. The fraction of sp³-hybridized carbons (Fsp3) is 0.727. The van der Waals surface area contributed by atoms with Gasteiger partial charge in [-0.05, 0) is 32.1 Å². The van der Waals surface area contributed by atoms with E-state index in [0.29, 0.717) is 0 Å². The van der Waals surface area contributed by atoms with E-state index in [1.54, 1.807) is 0 Å². The van der Waals surface area contributed by atoms with E-state index in [-0.39, 0.29) is 0 Å². The SMILES string of the molecule is CCCC=CCC=CC(=CCCCCCCCCCC)CC. The van der Waals surface area contributed by atoms with Crippen LogP contribution in [0.15, 0.2) is 36.0 Å². The molecule has 0 aromatic rings. The van der Waals surface area contributed by atoms with Gasteiger partial charge >= 0.3 is 0 Å². The highest BCUT2D eigenvalue weighted by molar-refractivity contribution is 5.18. The van der Waals surface area contributed by atoms with Gasteiger partial charge in [-0.2, -0.15) is 0 Å². The topological polar surface area (TPSA) is 0 Å². The third-order valence-electron chi connectivity index (χ3n) is 4.10. The molecule has 0 rings (SSSR count). The van der Waals surface area contributed by atoms with Gasteiger partial charge in [0, 0.05) is 0 Å². The summed E-state index contributed by atoms with van der Waals surface area (Å²) < 4.78 is 0. The summed E-state index contributed by atoms with van der Waals surface area (Å²) >= 11 is 0. The molecule has 0 fully saturated rings. The highest BCUT2D eigenvalue weighted by Crippen LogP contribution is 2.12. The fourth-order valence-electron chi connectivity index (χ4n) is 2.57. The van der Waals surface area contributed by atoms with Crippen LogP contribution >= 0.6 is 0 Å². The maximum absolute atomic E-state index is 2.45. The lowest BCUT2D eigenvalue weighted by atomic mass is 10.1. The lowest BCUT2D eigenvalue weighted by Gasteiger charge is -2.01. The Labute approximate surface area is 140 Å². The molecule has 0 N–H and O–H groups in total. The summed E-state index contributed by atoms with van der Waals surface area (Å²) in [6.45, 7) is 6.77. The molecule has 0 radical (unpaired) electrons. The Kier molecular flexibility index (Phi) is 17.6. The van der Waals surface area contributed by atoms with Crippen molar-refractivity contribution in [2.24, 2.45) is 0 Å². The molecule has 0 aromatic heterocycles. The van der Waals surface area contributed by atoms with Crippen LogP contribution in [0, 0.1) is 0 Å². The molecule has 0 spiro atoms. The van der Waals surface area contributed by atoms with Crippen LogP contribution < -0.4 is 0 Å². The fourth-order valence-corrected chi connectivity index (χ4v) is 2.57. The van der Waals surface area contributed by atoms with Gasteiger partial charge in [0.2, 0.25) is 0 Å². The lowest BCUT2D eigenvalue weighted by molar-refractivity contribution is 0.577. The highest BCUT2D eigenvalue weighted by atomic mass is 14.0. The summed E-state index contributed by atoms with van der Waals surface area (Å²) in [6.07, 6.45) is 28.9. The molecular formula is C22H40. The molecule has 0 aromatic carbocycles. The number of allylic oxidation sites excluding steroid dienone is 6. The van der Waals surface area contributed by atoms with Crippen LogP contribution in [0.1, 0.15) is 104 Å². The maximum atomic E-state index is 2.45. The van der Waals surface area contributed by atoms with Gasteiger partial charge in [-0.15, -0.1) is 0 Å². The molecule has 0 atom stereocenters. The van der Waals surface area contributed by atoms with Crippen molar-refractivity contribution in [1.82, 2.24) is 0 Å². The molecule has 0 aliphatic rings. The second-order valence-corrected chi connectivity index (χ2v) is 6.29. The molecule has 0 heterocycles. The molecule has 0 saturated heterocycles. The third-order valence-corrected chi connectivity index (χ3v) is 4.10. The van der Waals surface area contributed by atoms with E-state index < -0.39 is 0 Å². The van der Waals surface area contributed by atoms with Gasteiger partial charge in [-0.1, -0.05) is 108 Å². The summed E-state index contributed by atoms with van der Waals surface area (Å²) in [5, 5.41) is 0. The first kappa shape index (κ1) is 21.2. The number of rotatable bonds is 15. The van der Waals surface area contributed by atoms with Crippen LogP contribution in [0.25, 0.3) is 0 Å². The zero-order valence-corrected chi connectivity index (χ0v) is 15.6. The smallest absolute Gasteiger partial charge is 0.0166 e. The second kappa shape index (κ2) is 18.3. The van der Waals surface area contributed by atoms with Crippen LogP contribution in [-0.2, 0) is 0 Å². The Morgan fingerprint density at radius 2 is 1.32 bits per heavy atom. The van der Waals surface area contributed by atoms with Gasteiger partial charge in [0.25, 0.3) is 0 Å². The average molecular weight is 305 g/mol. The Hall–Kier alpha value is -0.780. The van der Waals surface area contributed by atoms with E-state index in [2.05, 4.69) is 51.2 Å². The minimum Gasteiger partial charge on any atom is -0.0882 e. The molecule has 0 amide bonds. The normalized spacial score (nSPS) is 12.8. The van der Waals surface area contributed by atoms with Gasteiger partial charge in [0.05, 0.1) is 0 Å². The standard InChI is InChI=1S/C22H40/c1-4-7-9-11-13-14-15-17-19-21-22(6-3)20-18-16-12-10-8-5-2/h10,12,18,20-21H,4-9,11,13-17,19H2,1-3H3. The molecular weight excluding hydrogens is 264 g/mol. The van der Waals surface area contributed by atoms with Gasteiger partial charge in [-0.3, -0.25) is 0 Å². The van der Waals surface area contributed by atoms with Crippen LogP contribution in [0.4, 0.5) is 0 Å². The van der Waals surface area contributed by atoms with E-state index in [9.17, 15) is 0 Å². The first-order valence-corrected chi connectivity index (χ1v) is 9.85. The zero-order chi connectivity index (χ0) is 16.3. The van der Waals surface area contributed by atoms with Crippen LogP contribution in [0.3, 0.4) is 0 Å². The zero-order valence-electron chi connectivity index (χ0n) is 15.6. The van der Waals surface area contributed by atoms with Crippen molar-refractivity contribution in [3.05, 3.63) is 36.0 Å². The quantitative estimate of drug-likeness (QED) is 0.163. The van der Waals surface area contributed by atoms with E-state index in [4.69, 9.17) is 0 Å². The predicted molar refractivity (Wildman–Crippen MR) is 103 cm³/mol. The van der Waals surface area contributed by atoms with Crippen molar-refractivity contribution in [3.63, 3.8) is 0 Å². The molecule has 0 heteroatoms. The predicted octanol–water partition coefficient (Wildman–Crippen LogP) is 8.16. The van der Waals surface area contributed by atoms with E-state index in [1.165, 1.54) is 76.2 Å². The Balaban J connectivity index is 3.63. The molecule has 0 bridgehead atoms. The summed E-state index contributed by atoms with van der Waals surface area (Å²) in [4.78, 5) is 0. The van der Waals surface area contributed by atoms with Crippen molar-refractivity contribution < 1.29 is 0 Å². The minimum absolute atomic E-state index is 1.08. The monoisotopic (exact) mass is 304 g/mol. The van der Waals surface area contributed by atoms with Crippen molar-refractivity contribution in [3.8, 4) is 0 Å². The number of unbranched alkanes of at least 4 members (excludes halogenated alkanes) is 9.